The molecule has 0 bridgehead atoms. The minimum atomic E-state index is -1.07. The molecule has 0 spiro atoms. The molecule has 2 atom stereocenters. The number of amides is 2. The Labute approximate surface area is 266 Å². The molecule has 1 saturated heterocycles. The Morgan fingerprint density at radius 2 is 1.78 bits per heavy atom. The van der Waals surface area contributed by atoms with Gasteiger partial charge in [-0.2, -0.15) is 4.80 Å². The molecule has 1 aliphatic heterocycles. The summed E-state index contributed by atoms with van der Waals surface area (Å²) in [5.41, 5.74) is 2.01. The lowest BCUT2D eigenvalue weighted by Crippen LogP contribution is -2.47. The molecule has 46 heavy (non-hydrogen) atoms. The highest BCUT2D eigenvalue weighted by atomic mass is 19.1. The van der Waals surface area contributed by atoms with E-state index in [0.29, 0.717) is 53.8 Å². The number of benzene rings is 3. The zero-order valence-electron chi connectivity index (χ0n) is 26.0. The summed E-state index contributed by atoms with van der Waals surface area (Å²) in [5, 5.41) is 15.6. The van der Waals surface area contributed by atoms with Crippen LogP contribution in [-0.2, 0) is 27.3 Å². The molecule has 1 aliphatic rings. The summed E-state index contributed by atoms with van der Waals surface area (Å²) in [6.07, 6.45) is 2.02. The van der Waals surface area contributed by atoms with Gasteiger partial charge in [-0.1, -0.05) is 18.2 Å². The first-order valence-electron chi connectivity index (χ1n) is 15.0. The van der Waals surface area contributed by atoms with Gasteiger partial charge >= 0.3 is 0 Å². The Hall–Kier alpha value is -5.04. The van der Waals surface area contributed by atoms with Gasteiger partial charge in [-0.25, -0.2) is 4.39 Å². The molecule has 2 amide bonds. The predicted octanol–water partition coefficient (Wildman–Crippen LogP) is 3.61. The van der Waals surface area contributed by atoms with E-state index in [1.807, 2.05) is 12.1 Å². The summed E-state index contributed by atoms with van der Waals surface area (Å²) in [5.74, 6) is 0.831. The number of carbonyl (C=O) groups is 2. The van der Waals surface area contributed by atoms with Crippen LogP contribution in [0.25, 0.3) is 11.4 Å². The molecule has 242 valence electrons. The normalized spacial score (nSPS) is 14.8. The number of aromatic nitrogens is 4. The molecule has 1 N–H and O–H groups in total. The van der Waals surface area contributed by atoms with Gasteiger partial charge in [0.1, 0.15) is 24.2 Å². The Morgan fingerprint density at radius 1 is 1.02 bits per heavy atom. The SMILES string of the molecule is COc1ccc(-c2nnn(CC(=O)N(CCc3ccc(OC)c(OC)c3)[C@H](C(=O)NC[C@@H]3CCCO3)c3ccc(F)cc3)n2)cc1. The first kappa shape index (κ1) is 32.4. The molecule has 4 aromatic rings. The third-order valence-corrected chi connectivity index (χ3v) is 7.76. The standard InChI is InChI=1S/C33H37FN6O6/c1-43-26-13-9-24(10-14-26)32-36-38-40(37-32)21-30(41)39(17-16-22-6-15-28(44-2)29(19-22)45-3)31(23-7-11-25(34)12-8-23)33(42)35-20-27-5-4-18-46-27/h6-15,19,27,31H,4-5,16-18,20-21H2,1-3H3,(H,35,42)/t27-,31-/m0/s1. The summed E-state index contributed by atoms with van der Waals surface area (Å²) < 4.78 is 35.7. The first-order chi connectivity index (χ1) is 22.4. The van der Waals surface area contributed by atoms with Crippen LogP contribution in [0.3, 0.4) is 0 Å². The van der Waals surface area contributed by atoms with E-state index in [9.17, 15) is 14.0 Å². The zero-order chi connectivity index (χ0) is 32.5. The monoisotopic (exact) mass is 632 g/mol. The quantitative estimate of drug-likeness (QED) is 0.222. The van der Waals surface area contributed by atoms with Crippen molar-refractivity contribution in [2.75, 3.05) is 41.0 Å². The molecule has 0 unspecified atom stereocenters. The van der Waals surface area contributed by atoms with Crippen LogP contribution in [0.4, 0.5) is 4.39 Å². The highest BCUT2D eigenvalue weighted by molar-refractivity contribution is 5.88. The highest BCUT2D eigenvalue weighted by Gasteiger charge is 2.32. The van der Waals surface area contributed by atoms with Gasteiger partial charge in [-0.05, 0) is 84.1 Å². The number of rotatable bonds is 14. The van der Waals surface area contributed by atoms with Gasteiger partial charge in [0.15, 0.2) is 11.5 Å². The van der Waals surface area contributed by atoms with E-state index in [1.165, 1.54) is 34.0 Å². The molecule has 12 nitrogen and oxygen atoms in total. The van der Waals surface area contributed by atoms with Crippen LogP contribution in [0.1, 0.15) is 30.0 Å². The van der Waals surface area contributed by atoms with Crippen LogP contribution >= 0.6 is 0 Å². The van der Waals surface area contributed by atoms with Crippen LogP contribution in [0.15, 0.2) is 66.7 Å². The molecule has 5 rings (SSSR count). The van der Waals surface area contributed by atoms with Crippen molar-refractivity contribution in [3.8, 4) is 28.6 Å². The minimum Gasteiger partial charge on any atom is -0.497 e. The number of nitrogens with zero attached hydrogens (tertiary/aromatic N) is 5. The first-order valence-corrected chi connectivity index (χ1v) is 15.0. The summed E-state index contributed by atoms with van der Waals surface area (Å²) in [4.78, 5) is 30.6. The molecule has 1 fully saturated rings. The van der Waals surface area contributed by atoms with E-state index < -0.39 is 23.7 Å². The number of hydrogen-bond donors (Lipinski definition) is 1. The maximum atomic E-state index is 14.1. The third-order valence-electron chi connectivity index (χ3n) is 7.76. The number of halogens is 1. The summed E-state index contributed by atoms with van der Waals surface area (Å²) in [6.45, 7) is 0.793. The van der Waals surface area contributed by atoms with Crippen molar-refractivity contribution in [2.45, 2.75) is 38.0 Å². The van der Waals surface area contributed by atoms with Crippen molar-refractivity contribution >= 4 is 11.8 Å². The maximum absolute atomic E-state index is 14.1. The molecule has 3 aromatic carbocycles. The summed E-state index contributed by atoms with van der Waals surface area (Å²) >= 11 is 0. The highest BCUT2D eigenvalue weighted by Crippen LogP contribution is 2.29. The molecule has 13 heteroatoms. The summed E-state index contributed by atoms with van der Waals surface area (Å²) in [7, 11) is 4.68. The fraction of sp³-hybridized carbons (Fsp3) is 0.364. The maximum Gasteiger partial charge on any atom is 0.247 e. The molecule has 0 aliphatic carbocycles. The molecule has 2 heterocycles. The smallest absolute Gasteiger partial charge is 0.247 e. The van der Waals surface area contributed by atoms with Gasteiger partial charge in [-0.15, -0.1) is 10.2 Å². The lowest BCUT2D eigenvalue weighted by atomic mass is 10.0. The molecular weight excluding hydrogens is 595 g/mol. The van der Waals surface area contributed by atoms with Crippen LogP contribution in [-0.4, -0.2) is 84.1 Å². The number of carbonyl (C=O) groups excluding carboxylic acids is 2. The van der Waals surface area contributed by atoms with Gasteiger partial charge in [-0.3, -0.25) is 9.59 Å². The second kappa shape index (κ2) is 15.3. The second-order valence-electron chi connectivity index (χ2n) is 10.7. The average Bonchev–Trinajstić information content (AvgIpc) is 3.79. The summed E-state index contributed by atoms with van der Waals surface area (Å²) in [6, 6.07) is 17.1. The number of ether oxygens (including phenoxy) is 4. The topological polar surface area (TPSA) is 130 Å². The minimum absolute atomic E-state index is 0.107. The van der Waals surface area contributed by atoms with Gasteiger partial charge in [0, 0.05) is 25.3 Å². The van der Waals surface area contributed by atoms with E-state index in [2.05, 4.69) is 20.7 Å². The van der Waals surface area contributed by atoms with Crippen LogP contribution < -0.4 is 19.5 Å². The van der Waals surface area contributed by atoms with Crippen LogP contribution in [0.2, 0.25) is 0 Å². The Morgan fingerprint density at radius 3 is 2.46 bits per heavy atom. The zero-order valence-corrected chi connectivity index (χ0v) is 26.0. The molecule has 1 aromatic heterocycles. The Kier molecular flexibility index (Phi) is 10.8. The number of methoxy groups -OCH3 is 3. The predicted molar refractivity (Wildman–Crippen MR) is 166 cm³/mol. The van der Waals surface area contributed by atoms with Crippen LogP contribution in [0.5, 0.6) is 17.2 Å². The average molecular weight is 633 g/mol. The lowest BCUT2D eigenvalue weighted by molar-refractivity contribution is -0.141. The van der Waals surface area contributed by atoms with Crippen molar-refractivity contribution in [1.29, 1.82) is 0 Å². The number of nitrogens with one attached hydrogen (secondary N) is 1. The van der Waals surface area contributed by atoms with E-state index >= 15 is 0 Å². The van der Waals surface area contributed by atoms with Crippen molar-refractivity contribution in [2.24, 2.45) is 0 Å². The van der Waals surface area contributed by atoms with Crippen molar-refractivity contribution in [3.63, 3.8) is 0 Å². The Bertz CT molecular complexity index is 1610. The van der Waals surface area contributed by atoms with Gasteiger partial charge < -0.3 is 29.2 Å². The lowest BCUT2D eigenvalue weighted by Gasteiger charge is -2.32. The van der Waals surface area contributed by atoms with Crippen molar-refractivity contribution in [3.05, 3.63) is 83.7 Å². The number of tetrazole rings is 1. The van der Waals surface area contributed by atoms with Crippen molar-refractivity contribution in [1.82, 2.24) is 30.4 Å². The number of hydrogen-bond acceptors (Lipinski definition) is 9. The molecular formula is C33H37FN6O6. The van der Waals surface area contributed by atoms with Crippen molar-refractivity contribution < 1.29 is 32.9 Å². The third kappa shape index (κ3) is 7.96. The molecule has 0 saturated carbocycles. The van der Waals surface area contributed by atoms with Gasteiger partial charge in [0.25, 0.3) is 0 Å². The van der Waals surface area contributed by atoms with Gasteiger partial charge in [0.2, 0.25) is 17.6 Å². The van der Waals surface area contributed by atoms with E-state index in [1.54, 1.807) is 51.7 Å². The molecule has 0 radical (unpaired) electrons. The fourth-order valence-corrected chi connectivity index (χ4v) is 5.30. The van der Waals surface area contributed by atoms with Crippen LogP contribution in [0, 0.1) is 5.82 Å². The largest absolute Gasteiger partial charge is 0.497 e. The fourth-order valence-electron chi connectivity index (χ4n) is 5.30. The Balaban J connectivity index is 1.43. The van der Waals surface area contributed by atoms with Gasteiger partial charge in [0.05, 0.1) is 27.4 Å². The van der Waals surface area contributed by atoms with E-state index in [0.717, 1.165) is 18.4 Å². The van der Waals surface area contributed by atoms with E-state index in [-0.39, 0.29) is 19.2 Å². The van der Waals surface area contributed by atoms with E-state index in [4.69, 9.17) is 18.9 Å². The second-order valence-corrected chi connectivity index (χ2v) is 10.7.